The number of rotatable bonds is 11. The largest absolute Gasteiger partial charge is 0.435 e. The number of alkyl halides is 3. The molecule has 0 bridgehead atoms. The van der Waals surface area contributed by atoms with Gasteiger partial charge in [-0.15, -0.1) is 0 Å². The third-order valence-corrected chi connectivity index (χ3v) is 6.81. The summed E-state index contributed by atoms with van der Waals surface area (Å²) in [7, 11) is 1.72. The molecule has 7 nitrogen and oxygen atoms in total. The van der Waals surface area contributed by atoms with Gasteiger partial charge in [-0.1, -0.05) is 51.1 Å². The number of benzene rings is 1. The van der Waals surface area contributed by atoms with Crippen molar-refractivity contribution >= 4 is 23.2 Å². The summed E-state index contributed by atoms with van der Waals surface area (Å²) in [4.78, 5) is 31.6. The Hall–Kier alpha value is -3.82. The lowest BCUT2D eigenvalue weighted by molar-refractivity contribution is -0.139. The molecule has 1 aromatic rings. The minimum absolute atomic E-state index is 0.00913. The van der Waals surface area contributed by atoms with E-state index in [-0.39, 0.29) is 29.3 Å². The van der Waals surface area contributed by atoms with Crippen molar-refractivity contribution in [3.8, 4) is 0 Å². The van der Waals surface area contributed by atoms with E-state index in [1.165, 1.54) is 19.1 Å². The van der Waals surface area contributed by atoms with E-state index in [0.29, 0.717) is 38.2 Å². The first kappa shape index (κ1) is 32.4. The number of aliphatic imine (C=N–C) groups is 1. The number of hydrogen-bond acceptors (Lipinski definition) is 5. The van der Waals surface area contributed by atoms with Crippen LogP contribution in [0.4, 0.5) is 18.9 Å². The smallest absolute Gasteiger partial charge is 0.403 e. The molecule has 0 aromatic heterocycles. The molecule has 0 spiro atoms. The van der Waals surface area contributed by atoms with Crippen LogP contribution >= 0.6 is 0 Å². The van der Waals surface area contributed by atoms with Crippen LogP contribution in [0.3, 0.4) is 0 Å². The number of allylic oxidation sites excluding steroid dienone is 5. The Kier molecular flexibility index (Phi) is 12.2. The molecule has 1 atom stereocenters. The van der Waals surface area contributed by atoms with Gasteiger partial charge in [0.2, 0.25) is 11.8 Å². The highest BCUT2D eigenvalue weighted by atomic mass is 19.4. The van der Waals surface area contributed by atoms with Gasteiger partial charge in [-0.3, -0.25) is 9.59 Å². The molecular formula is C30H40F3N5O2. The molecular weight excluding hydrogens is 519 g/mol. The third-order valence-electron chi connectivity index (χ3n) is 6.81. The number of nitrogens with zero attached hydrogens (tertiary/aromatic N) is 3. The van der Waals surface area contributed by atoms with E-state index in [1.807, 2.05) is 19.9 Å². The van der Waals surface area contributed by atoms with Crippen molar-refractivity contribution in [2.45, 2.75) is 52.8 Å². The summed E-state index contributed by atoms with van der Waals surface area (Å²) in [6, 6.07) is 6.71. The highest BCUT2D eigenvalue weighted by molar-refractivity contribution is 6.06. The van der Waals surface area contributed by atoms with Crippen LogP contribution < -0.4 is 11.1 Å². The molecule has 1 aliphatic rings. The van der Waals surface area contributed by atoms with Crippen LogP contribution in [0.2, 0.25) is 0 Å². The molecule has 1 heterocycles. The Bertz CT molecular complexity index is 1140. The zero-order valence-corrected chi connectivity index (χ0v) is 23.7. The predicted octanol–water partition coefficient (Wildman–Crippen LogP) is 5.79. The first-order chi connectivity index (χ1) is 18.9. The number of carbonyl (C=O) groups is 2. The van der Waals surface area contributed by atoms with Gasteiger partial charge in [-0.25, -0.2) is 4.99 Å². The van der Waals surface area contributed by atoms with Crippen molar-refractivity contribution < 1.29 is 22.8 Å². The lowest BCUT2D eigenvalue weighted by Crippen LogP contribution is -2.42. The first-order valence-corrected chi connectivity index (χ1v) is 13.3. The normalized spacial score (nSPS) is 16.7. The summed E-state index contributed by atoms with van der Waals surface area (Å²) in [5.41, 5.74) is 5.25. The van der Waals surface area contributed by atoms with Crippen LogP contribution in [0.15, 0.2) is 77.7 Å². The summed E-state index contributed by atoms with van der Waals surface area (Å²) in [5.74, 6) is 0.163. The van der Waals surface area contributed by atoms with E-state index < -0.39 is 17.6 Å². The molecule has 2 amide bonds. The van der Waals surface area contributed by atoms with Crippen molar-refractivity contribution in [1.29, 1.82) is 0 Å². The number of nitrogens with two attached hydrogens (primary N) is 1. The Labute approximate surface area is 235 Å². The van der Waals surface area contributed by atoms with Gasteiger partial charge in [-0.05, 0) is 48.6 Å². The highest BCUT2D eigenvalue weighted by Gasteiger charge is 2.38. The van der Waals surface area contributed by atoms with Crippen LogP contribution in [0.5, 0.6) is 0 Å². The fourth-order valence-electron chi connectivity index (χ4n) is 4.17. The summed E-state index contributed by atoms with van der Waals surface area (Å²) in [6.45, 7) is 10.6. The van der Waals surface area contributed by atoms with Gasteiger partial charge in [0.05, 0.1) is 11.4 Å². The second-order valence-corrected chi connectivity index (χ2v) is 9.90. The molecule has 0 saturated carbocycles. The Morgan fingerprint density at radius 1 is 1.25 bits per heavy atom. The van der Waals surface area contributed by atoms with E-state index in [9.17, 15) is 22.8 Å². The maximum Gasteiger partial charge on any atom is 0.435 e. The SMILES string of the molecule is C=CC(=C\C=C/C(C)CC)/N=C(\C(=C/N)Nc1ccc(CN(C)C(=O)C2CCN(C(C)=O)CC2)cc1)C(F)(F)F. The fraction of sp³-hybridized carbons (Fsp3) is 0.433. The van der Waals surface area contributed by atoms with Gasteiger partial charge < -0.3 is 20.9 Å². The number of amides is 2. The summed E-state index contributed by atoms with van der Waals surface area (Å²) >= 11 is 0. The van der Waals surface area contributed by atoms with Gasteiger partial charge in [-0.2, -0.15) is 13.2 Å². The lowest BCUT2D eigenvalue weighted by atomic mass is 9.95. The molecule has 2 rings (SSSR count). The molecule has 40 heavy (non-hydrogen) atoms. The van der Waals surface area contributed by atoms with Crippen molar-refractivity contribution in [1.82, 2.24) is 9.80 Å². The van der Waals surface area contributed by atoms with Crippen LogP contribution in [0.1, 0.15) is 45.6 Å². The molecule has 1 fully saturated rings. The molecule has 0 radical (unpaired) electrons. The quantitative estimate of drug-likeness (QED) is 0.265. The zero-order chi connectivity index (χ0) is 29.9. The molecule has 1 saturated heterocycles. The summed E-state index contributed by atoms with van der Waals surface area (Å²) in [5, 5.41) is 2.71. The second kappa shape index (κ2) is 15.1. The zero-order valence-electron chi connectivity index (χ0n) is 23.7. The summed E-state index contributed by atoms with van der Waals surface area (Å²) in [6.07, 6.45) is 4.48. The molecule has 10 heteroatoms. The van der Waals surface area contributed by atoms with Crippen LogP contribution in [0.25, 0.3) is 0 Å². The van der Waals surface area contributed by atoms with Gasteiger partial charge in [0.15, 0.2) is 5.71 Å². The van der Waals surface area contributed by atoms with Crippen LogP contribution in [0, 0.1) is 11.8 Å². The molecule has 1 aliphatic heterocycles. The van der Waals surface area contributed by atoms with E-state index in [4.69, 9.17) is 5.73 Å². The minimum atomic E-state index is -4.77. The fourth-order valence-corrected chi connectivity index (χ4v) is 4.17. The maximum absolute atomic E-state index is 14.0. The maximum atomic E-state index is 14.0. The topological polar surface area (TPSA) is 91.0 Å². The average Bonchev–Trinajstić information content (AvgIpc) is 2.93. The van der Waals surface area contributed by atoms with Gasteiger partial charge in [0.25, 0.3) is 0 Å². The molecule has 3 N–H and O–H groups in total. The Morgan fingerprint density at radius 3 is 2.38 bits per heavy atom. The number of hydrogen-bond donors (Lipinski definition) is 2. The Morgan fingerprint density at radius 2 is 1.88 bits per heavy atom. The predicted molar refractivity (Wildman–Crippen MR) is 154 cm³/mol. The molecule has 1 unspecified atom stereocenters. The van der Waals surface area contributed by atoms with Gasteiger partial charge >= 0.3 is 6.18 Å². The average molecular weight is 560 g/mol. The lowest BCUT2D eigenvalue weighted by Gasteiger charge is -2.32. The number of piperidine rings is 1. The van der Waals surface area contributed by atoms with E-state index in [0.717, 1.165) is 18.2 Å². The third kappa shape index (κ3) is 9.73. The molecule has 1 aromatic carbocycles. The summed E-state index contributed by atoms with van der Waals surface area (Å²) < 4.78 is 41.9. The van der Waals surface area contributed by atoms with Crippen molar-refractivity contribution in [3.63, 3.8) is 0 Å². The standard InChI is InChI=1S/C30H40F3N5O2/c1-6-21(3)9-8-10-25(7-2)36-28(30(31,32)33)27(19-34)35-26-13-11-23(12-14-26)20-37(5)29(40)24-15-17-38(18-16-24)22(4)39/h7-14,19,21,24,35H,2,6,15-18,20,34H2,1,3-5H3/b9-8-,25-10+,27-19+,36-28+. The van der Waals surface area contributed by atoms with Crippen molar-refractivity contribution in [3.05, 3.63) is 78.3 Å². The number of anilines is 1. The Balaban J connectivity index is 2.11. The van der Waals surface area contributed by atoms with Crippen molar-refractivity contribution in [2.75, 3.05) is 25.5 Å². The molecule has 218 valence electrons. The number of nitrogens with one attached hydrogen (secondary N) is 1. The van der Waals surface area contributed by atoms with Crippen LogP contribution in [-0.2, 0) is 16.1 Å². The van der Waals surface area contributed by atoms with E-state index in [1.54, 1.807) is 47.2 Å². The highest BCUT2D eigenvalue weighted by Crippen LogP contribution is 2.26. The van der Waals surface area contributed by atoms with E-state index in [2.05, 4.69) is 16.9 Å². The molecule has 0 aliphatic carbocycles. The minimum Gasteiger partial charge on any atom is -0.403 e. The first-order valence-electron chi connectivity index (χ1n) is 13.3. The van der Waals surface area contributed by atoms with Crippen molar-refractivity contribution in [2.24, 2.45) is 22.6 Å². The van der Waals surface area contributed by atoms with Crippen LogP contribution in [-0.4, -0.2) is 53.6 Å². The number of carbonyl (C=O) groups excluding carboxylic acids is 2. The monoisotopic (exact) mass is 559 g/mol. The second-order valence-electron chi connectivity index (χ2n) is 9.90. The van der Waals surface area contributed by atoms with Gasteiger partial charge in [0, 0.05) is 51.4 Å². The number of halogens is 3. The van der Waals surface area contributed by atoms with Gasteiger partial charge in [0.1, 0.15) is 0 Å². The number of likely N-dealkylation sites (tertiary alicyclic amines) is 1. The van der Waals surface area contributed by atoms with E-state index >= 15 is 0 Å².